The minimum Gasteiger partial charge on any atom is -0.494 e. The fourth-order valence-corrected chi connectivity index (χ4v) is 6.58. The smallest absolute Gasteiger partial charge is 0.252 e. The van der Waals surface area contributed by atoms with E-state index < -0.39 is 39.4 Å². The van der Waals surface area contributed by atoms with E-state index in [1.807, 2.05) is 0 Å². The average molecular weight is 666 g/mol. The lowest BCUT2D eigenvalue weighted by atomic mass is 9.85. The van der Waals surface area contributed by atoms with Crippen LogP contribution < -0.4 is 10.1 Å². The molecule has 1 amide bonds. The van der Waals surface area contributed by atoms with Crippen molar-refractivity contribution in [3.8, 4) is 5.75 Å². The van der Waals surface area contributed by atoms with Gasteiger partial charge in [-0.25, -0.2) is 13.4 Å². The fraction of sp³-hybridized carbons (Fsp3) is 0.355. The Kier molecular flexibility index (Phi) is 11.6. The Hall–Kier alpha value is -3.19. The van der Waals surface area contributed by atoms with Gasteiger partial charge in [-0.05, 0) is 48.5 Å². The number of rotatable bonds is 15. The molecule has 1 heterocycles. The van der Waals surface area contributed by atoms with E-state index in [2.05, 4.69) is 5.32 Å². The van der Waals surface area contributed by atoms with Crippen molar-refractivity contribution in [3.05, 3.63) is 94.0 Å². The molecule has 0 radical (unpaired) electrons. The third kappa shape index (κ3) is 7.90. The van der Waals surface area contributed by atoms with Crippen molar-refractivity contribution < 1.29 is 37.3 Å². The first kappa shape index (κ1) is 33.7. The topological polar surface area (TPSA) is 133 Å². The van der Waals surface area contributed by atoms with Crippen LogP contribution in [0.15, 0.2) is 82.7 Å². The molecule has 3 aromatic carbocycles. The van der Waals surface area contributed by atoms with Gasteiger partial charge in [0.15, 0.2) is 27.8 Å². The predicted molar refractivity (Wildman–Crippen MR) is 167 cm³/mol. The number of carbonyl (C=O) groups is 1. The van der Waals surface area contributed by atoms with Crippen molar-refractivity contribution in [1.82, 2.24) is 5.32 Å². The summed E-state index contributed by atoms with van der Waals surface area (Å²) in [6, 6.07) is 19.6. The Labute approximate surface area is 266 Å². The second kappa shape index (κ2) is 15.2. The summed E-state index contributed by atoms with van der Waals surface area (Å²) in [5, 5.41) is 12.4. The van der Waals surface area contributed by atoms with E-state index in [-0.39, 0.29) is 35.4 Å². The molecule has 4 rings (SSSR count). The van der Waals surface area contributed by atoms with Gasteiger partial charge in [-0.1, -0.05) is 47.5 Å². The Morgan fingerprint density at radius 2 is 1.77 bits per heavy atom. The SMILES string of the molecule is COC(CNC(=O)[C@]1(CCS(=O)(=O)c2ccccc2)N=C(c2ccc(OCCCO)cc2)O[C@@H]1c1ccc(Cl)cc1Cl)OC. The zero-order valence-corrected chi connectivity index (χ0v) is 26.6. The number of nitrogens with one attached hydrogen (secondary N) is 1. The van der Waals surface area contributed by atoms with E-state index in [4.69, 9.17) is 52.2 Å². The number of hydrogen-bond donors (Lipinski definition) is 2. The molecule has 0 aromatic heterocycles. The van der Waals surface area contributed by atoms with E-state index in [9.17, 15) is 13.2 Å². The molecule has 10 nitrogen and oxygen atoms in total. The summed E-state index contributed by atoms with van der Waals surface area (Å²) in [4.78, 5) is 19.1. The zero-order chi connectivity index (χ0) is 31.7. The van der Waals surface area contributed by atoms with Crippen LogP contribution in [0.2, 0.25) is 10.0 Å². The molecule has 13 heteroatoms. The maximum absolute atomic E-state index is 14.2. The lowest BCUT2D eigenvalue weighted by molar-refractivity contribution is -0.134. The number of sulfone groups is 1. The largest absolute Gasteiger partial charge is 0.494 e. The quantitative estimate of drug-likeness (QED) is 0.178. The summed E-state index contributed by atoms with van der Waals surface area (Å²) in [5.41, 5.74) is -0.834. The zero-order valence-electron chi connectivity index (χ0n) is 24.2. The maximum Gasteiger partial charge on any atom is 0.252 e. The third-order valence-corrected chi connectivity index (χ3v) is 9.38. The average Bonchev–Trinajstić information content (AvgIpc) is 3.42. The summed E-state index contributed by atoms with van der Waals surface area (Å²) < 4.78 is 49.4. The van der Waals surface area contributed by atoms with Crippen molar-refractivity contribution in [2.24, 2.45) is 4.99 Å². The Balaban J connectivity index is 1.79. The summed E-state index contributed by atoms with van der Waals surface area (Å²) in [7, 11) is -0.953. The molecular weight excluding hydrogens is 631 g/mol. The lowest BCUT2D eigenvalue weighted by Crippen LogP contribution is -2.51. The number of ether oxygens (including phenoxy) is 4. The number of halogens is 2. The number of aliphatic imine (C=N–C) groups is 1. The standard InChI is InChI=1S/C31H34Cl2N2O8S/c1-40-27(41-2)20-34-30(37)31(15-18-44(38,39)24-7-4-3-5-8-24)28(25-14-11-22(32)19-26(25)33)43-29(35-31)21-9-12-23(13-10-21)42-17-6-16-36/h3-5,7-14,19,27-28,36H,6,15-18,20H2,1-2H3,(H,34,37)/t28-,31-/m1/s1. The van der Waals surface area contributed by atoms with Gasteiger partial charge in [-0.2, -0.15) is 0 Å². The number of benzene rings is 3. The number of nitrogens with zero attached hydrogens (tertiary/aromatic N) is 1. The molecule has 2 N–H and O–H groups in total. The van der Waals surface area contributed by atoms with Gasteiger partial charge in [0.1, 0.15) is 5.75 Å². The fourth-order valence-electron chi connectivity index (χ4n) is 4.69. The van der Waals surface area contributed by atoms with Crippen LogP contribution in [0.1, 0.15) is 30.1 Å². The number of methoxy groups -OCH3 is 2. The highest BCUT2D eigenvalue weighted by molar-refractivity contribution is 7.91. The van der Waals surface area contributed by atoms with E-state index in [0.717, 1.165) is 0 Å². The van der Waals surface area contributed by atoms with Crippen LogP contribution >= 0.6 is 23.2 Å². The number of aliphatic hydroxyl groups is 1. The molecule has 0 fully saturated rings. The first-order chi connectivity index (χ1) is 21.1. The monoisotopic (exact) mass is 664 g/mol. The van der Waals surface area contributed by atoms with Crippen molar-refractivity contribution >= 4 is 44.8 Å². The van der Waals surface area contributed by atoms with Gasteiger partial charge in [0.05, 0.1) is 23.8 Å². The first-order valence-electron chi connectivity index (χ1n) is 13.8. The van der Waals surface area contributed by atoms with Crippen LogP contribution in [0.5, 0.6) is 5.75 Å². The van der Waals surface area contributed by atoms with Crippen molar-refractivity contribution in [3.63, 3.8) is 0 Å². The van der Waals surface area contributed by atoms with Gasteiger partial charge >= 0.3 is 0 Å². The van der Waals surface area contributed by atoms with Gasteiger partial charge in [0, 0.05) is 54.8 Å². The number of aliphatic hydroxyl groups excluding tert-OH is 1. The van der Waals surface area contributed by atoms with Crippen molar-refractivity contribution in [2.45, 2.75) is 35.7 Å². The molecule has 0 saturated heterocycles. The highest BCUT2D eigenvalue weighted by Crippen LogP contribution is 2.45. The Morgan fingerprint density at radius 1 is 1.07 bits per heavy atom. The summed E-state index contributed by atoms with van der Waals surface area (Å²) in [6.07, 6.45) is -1.63. The van der Waals surface area contributed by atoms with Crippen LogP contribution in [0.25, 0.3) is 0 Å². The molecule has 0 spiro atoms. The van der Waals surface area contributed by atoms with Crippen LogP contribution in [-0.4, -0.2) is 76.9 Å². The highest BCUT2D eigenvalue weighted by atomic mass is 35.5. The third-order valence-electron chi connectivity index (χ3n) is 7.08. The normalized spacial score (nSPS) is 18.1. The highest BCUT2D eigenvalue weighted by Gasteiger charge is 2.54. The maximum atomic E-state index is 14.2. The van der Waals surface area contributed by atoms with E-state index in [1.54, 1.807) is 54.6 Å². The molecule has 2 atom stereocenters. The summed E-state index contributed by atoms with van der Waals surface area (Å²) in [5.74, 6) is -0.330. The van der Waals surface area contributed by atoms with Crippen LogP contribution in [0, 0.1) is 0 Å². The van der Waals surface area contributed by atoms with E-state index in [1.165, 1.54) is 32.4 Å². The van der Waals surface area contributed by atoms with Crippen molar-refractivity contribution in [1.29, 1.82) is 0 Å². The van der Waals surface area contributed by atoms with Crippen LogP contribution in [-0.2, 0) is 28.8 Å². The Bertz CT molecular complexity index is 1550. The summed E-state index contributed by atoms with van der Waals surface area (Å²) in [6.45, 7) is 0.315. The number of carbonyl (C=O) groups excluding carboxylic acids is 1. The molecule has 0 bridgehead atoms. The second-order valence-corrected chi connectivity index (χ2v) is 12.9. The molecule has 236 valence electrons. The van der Waals surface area contributed by atoms with Gasteiger partial charge in [-0.15, -0.1) is 0 Å². The van der Waals surface area contributed by atoms with Crippen LogP contribution in [0.3, 0.4) is 0 Å². The molecule has 1 aliphatic heterocycles. The minimum absolute atomic E-state index is 0.0109. The van der Waals surface area contributed by atoms with Gasteiger partial charge in [0.2, 0.25) is 5.90 Å². The molecule has 44 heavy (non-hydrogen) atoms. The molecular formula is C31H34Cl2N2O8S. The van der Waals surface area contributed by atoms with Gasteiger partial charge < -0.3 is 29.4 Å². The lowest BCUT2D eigenvalue weighted by Gasteiger charge is -2.31. The summed E-state index contributed by atoms with van der Waals surface area (Å²) >= 11 is 12.8. The predicted octanol–water partition coefficient (Wildman–Crippen LogP) is 4.61. The molecule has 0 aliphatic carbocycles. The van der Waals surface area contributed by atoms with Crippen molar-refractivity contribution in [2.75, 3.05) is 39.7 Å². The number of hydrogen-bond acceptors (Lipinski definition) is 9. The number of amides is 1. The molecule has 3 aromatic rings. The molecule has 0 unspecified atom stereocenters. The van der Waals surface area contributed by atoms with Gasteiger partial charge in [0.25, 0.3) is 5.91 Å². The van der Waals surface area contributed by atoms with Gasteiger partial charge in [-0.3, -0.25) is 4.79 Å². The van der Waals surface area contributed by atoms with E-state index in [0.29, 0.717) is 34.9 Å². The Morgan fingerprint density at radius 3 is 2.41 bits per heavy atom. The van der Waals surface area contributed by atoms with E-state index >= 15 is 0 Å². The second-order valence-electron chi connectivity index (χ2n) is 9.95. The van der Waals surface area contributed by atoms with Crippen LogP contribution in [0.4, 0.5) is 0 Å². The molecule has 1 aliphatic rings. The first-order valence-corrected chi connectivity index (χ1v) is 16.2. The molecule has 0 saturated carbocycles. The minimum atomic E-state index is -3.82.